The van der Waals surface area contributed by atoms with E-state index in [0.717, 1.165) is 16.3 Å². The molecule has 88 valence electrons. The zero-order valence-electron chi connectivity index (χ0n) is 9.44. The van der Waals surface area contributed by atoms with Gasteiger partial charge in [-0.2, -0.15) is 4.98 Å². The molecule has 0 fully saturated rings. The number of aromatic nitrogens is 2. The largest absolute Gasteiger partial charge is 0.368 e. The molecule has 0 unspecified atom stereocenters. The number of halogens is 1. The van der Waals surface area contributed by atoms with Gasteiger partial charge in [-0.25, -0.2) is 4.98 Å². The highest BCUT2D eigenvalue weighted by molar-refractivity contribution is 6.31. The summed E-state index contributed by atoms with van der Waals surface area (Å²) in [5.41, 5.74) is 7.42. The summed E-state index contributed by atoms with van der Waals surface area (Å²) in [4.78, 5) is 8.10. The van der Waals surface area contributed by atoms with Gasteiger partial charge in [0.2, 0.25) is 5.95 Å². The molecule has 1 heterocycles. The first kappa shape index (κ1) is 11.7. The Morgan fingerprint density at radius 2 is 2.06 bits per heavy atom. The Labute approximate surface area is 105 Å². The van der Waals surface area contributed by atoms with Gasteiger partial charge in [0.1, 0.15) is 5.82 Å². The van der Waals surface area contributed by atoms with Gasteiger partial charge in [-0.3, -0.25) is 0 Å². The summed E-state index contributed by atoms with van der Waals surface area (Å²) in [5.74, 6) is 0.974. The zero-order valence-corrected chi connectivity index (χ0v) is 10.2. The molecule has 0 radical (unpaired) electrons. The predicted octanol–water partition coefficient (Wildman–Crippen LogP) is 2.63. The Morgan fingerprint density at radius 1 is 1.29 bits per heavy atom. The summed E-state index contributed by atoms with van der Waals surface area (Å²) >= 11 is 6.06. The summed E-state index contributed by atoms with van der Waals surface area (Å²) in [5, 5.41) is 3.90. The normalized spacial score (nSPS) is 10.2. The average molecular weight is 249 g/mol. The number of hydrogen-bond acceptors (Lipinski definition) is 4. The van der Waals surface area contributed by atoms with Gasteiger partial charge in [0, 0.05) is 23.3 Å². The summed E-state index contributed by atoms with van der Waals surface area (Å²) in [6, 6.07) is 9.51. The number of rotatable bonds is 3. The van der Waals surface area contributed by atoms with E-state index in [9.17, 15) is 0 Å². The van der Waals surface area contributed by atoms with Crippen molar-refractivity contribution in [3.63, 3.8) is 0 Å². The van der Waals surface area contributed by atoms with Gasteiger partial charge >= 0.3 is 0 Å². The van der Waals surface area contributed by atoms with Crippen molar-refractivity contribution in [3.05, 3.63) is 46.6 Å². The molecular weight excluding hydrogens is 236 g/mol. The van der Waals surface area contributed by atoms with Crippen LogP contribution in [-0.2, 0) is 6.54 Å². The standard InChI is InChI=1S/C12H13ClN4/c1-8-6-11(17-12(14)16-8)15-7-9-4-2-3-5-10(9)13/h2-6H,7H2,1H3,(H3,14,15,16,17). The quantitative estimate of drug-likeness (QED) is 0.877. The molecule has 1 aromatic carbocycles. The second kappa shape index (κ2) is 5.01. The summed E-state index contributed by atoms with van der Waals surface area (Å²) in [6.45, 7) is 2.48. The number of hydrogen-bond donors (Lipinski definition) is 2. The van der Waals surface area contributed by atoms with Crippen LogP contribution in [-0.4, -0.2) is 9.97 Å². The highest BCUT2D eigenvalue weighted by Crippen LogP contribution is 2.16. The lowest BCUT2D eigenvalue weighted by atomic mass is 10.2. The number of nitrogen functional groups attached to an aromatic ring is 1. The van der Waals surface area contributed by atoms with E-state index in [2.05, 4.69) is 15.3 Å². The Morgan fingerprint density at radius 3 is 2.76 bits per heavy atom. The topological polar surface area (TPSA) is 63.8 Å². The third-order valence-electron chi connectivity index (χ3n) is 2.29. The molecule has 3 N–H and O–H groups in total. The van der Waals surface area contributed by atoms with Crippen LogP contribution in [0.3, 0.4) is 0 Å². The molecular formula is C12H13ClN4. The monoisotopic (exact) mass is 248 g/mol. The zero-order chi connectivity index (χ0) is 12.3. The highest BCUT2D eigenvalue weighted by Gasteiger charge is 2.01. The van der Waals surface area contributed by atoms with E-state index in [1.165, 1.54) is 0 Å². The Kier molecular flexibility index (Phi) is 3.44. The maximum absolute atomic E-state index is 6.06. The molecule has 0 atom stereocenters. The van der Waals surface area contributed by atoms with E-state index < -0.39 is 0 Å². The van der Waals surface area contributed by atoms with Crippen molar-refractivity contribution in [2.75, 3.05) is 11.1 Å². The maximum atomic E-state index is 6.06. The molecule has 0 aliphatic rings. The molecule has 2 rings (SSSR count). The maximum Gasteiger partial charge on any atom is 0.222 e. The SMILES string of the molecule is Cc1cc(NCc2ccccc2Cl)nc(N)n1. The smallest absolute Gasteiger partial charge is 0.222 e. The Bertz CT molecular complexity index is 507. The first-order valence-corrected chi connectivity index (χ1v) is 5.61. The van der Waals surface area contributed by atoms with Crippen molar-refractivity contribution in [1.82, 2.24) is 9.97 Å². The summed E-state index contributed by atoms with van der Waals surface area (Å²) in [7, 11) is 0. The van der Waals surface area contributed by atoms with Crippen LogP contribution >= 0.6 is 11.6 Å². The van der Waals surface area contributed by atoms with Crippen LogP contribution in [0.15, 0.2) is 30.3 Å². The summed E-state index contributed by atoms with van der Waals surface area (Å²) < 4.78 is 0. The van der Waals surface area contributed by atoms with E-state index in [1.807, 2.05) is 37.3 Å². The van der Waals surface area contributed by atoms with Gasteiger partial charge < -0.3 is 11.1 Å². The second-order valence-electron chi connectivity index (χ2n) is 3.70. The molecule has 4 nitrogen and oxygen atoms in total. The van der Waals surface area contributed by atoms with Crippen LogP contribution in [0, 0.1) is 6.92 Å². The molecule has 0 bridgehead atoms. The molecule has 17 heavy (non-hydrogen) atoms. The fourth-order valence-corrected chi connectivity index (χ4v) is 1.71. The van der Waals surface area contributed by atoms with E-state index in [1.54, 1.807) is 0 Å². The van der Waals surface area contributed by atoms with Gasteiger partial charge in [0.25, 0.3) is 0 Å². The number of benzene rings is 1. The minimum atomic E-state index is 0.270. The number of aryl methyl sites for hydroxylation is 1. The number of anilines is 2. The molecule has 0 amide bonds. The van der Waals surface area contributed by atoms with E-state index >= 15 is 0 Å². The average Bonchev–Trinajstić information content (AvgIpc) is 2.27. The van der Waals surface area contributed by atoms with Crippen molar-refractivity contribution >= 4 is 23.4 Å². The number of nitrogens with zero attached hydrogens (tertiary/aromatic N) is 2. The minimum Gasteiger partial charge on any atom is -0.368 e. The van der Waals surface area contributed by atoms with Crippen LogP contribution in [0.2, 0.25) is 5.02 Å². The number of nitrogens with one attached hydrogen (secondary N) is 1. The molecule has 0 saturated heterocycles. The third kappa shape index (κ3) is 3.07. The molecule has 0 saturated carbocycles. The first-order chi connectivity index (χ1) is 8.15. The van der Waals surface area contributed by atoms with Gasteiger partial charge in [-0.1, -0.05) is 29.8 Å². The van der Waals surface area contributed by atoms with E-state index in [4.69, 9.17) is 17.3 Å². The molecule has 0 spiro atoms. The van der Waals surface area contributed by atoms with Crippen molar-refractivity contribution in [1.29, 1.82) is 0 Å². The van der Waals surface area contributed by atoms with Crippen LogP contribution in [0.4, 0.5) is 11.8 Å². The second-order valence-corrected chi connectivity index (χ2v) is 4.10. The third-order valence-corrected chi connectivity index (χ3v) is 2.66. The van der Waals surface area contributed by atoms with Crippen LogP contribution in [0.1, 0.15) is 11.3 Å². The first-order valence-electron chi connectivity index (χ1n) is 5.23. The lowest BCUT2D eigenvalue weighted by Crippen LogP contribution is -2.05. The van der Waals surface area contributed by atoms with E-state index in [0.29, 0.717) is 12.4 Å². The molecule has 1 aromatic heterocycles. The fourth-order valence-electron chi connectivity index (χ4n) is 1.51. The Hall–Kier alpha value is -1.81. The highest BCUT2D eigenvalue weighted by atomic mass is 35.5. The van der Waals surface area contributed by atoms with Crippen molar-refractivity contribution in [3.8, 4) is 0 Å². The van der Waals surface area contributed by atoms with Crippen molar-refractivity contribution in [2.45, 2.75) is 13.5 Å². The van der Waals surface area contributed by atoms with Crippen molar-refractivity contribution in [2.24, 2.45) is 0 Å². The van der Waals surface area contributed by atoms with Gasteiger partial charge in [0.15, 0.2) is 0 Å². The Balaban J connectivity index is 2.10. The van der Waals surface area contributed by atoms with Gasteiger partial charge in [-0.15, -0.1) is 0 Å². The predicted molar refractivity (Wildman–Crippen MR) is 70.0 cm³/mol. The molecule has 0 aliphatic carbocycles. The van der Waals surface area contributed by atoms with E-state index in [-0.39, 0.29) is 5.95 Å². The van der Waals surface area contributed by atoms with Crippen molar-refractivity contribution < 1.29 is 0 Å². The minimum absolute atomic E-state index is 0.270. The van der Waals surface area contributed by atoms with Crippen LogP contribution in [0.25, 0.3) is 0 Å². The van der Waals surface area contributed by atoms with Crippen LogP contribution < -0.4 is 11.1 Å². The number of nitrogens with two attached hydrogens (primary N) is 1. The van der Waals surface area contributed by atoms with Crippen LogP contribution in [0.5, 0.6) is 0 Å². The molecule has 5 heteroatoms. The molecule has 2 aromatic rings. The van der Waals surface area contributed by atoms with Gasteiger partial charge in [-0.05, 0) is 18.6 Å². The lowest BCUT2D eigenvalue weighted by Gasteiger charge is -2.08. The summed E-state index contributed by atoms with van der Waals surface area (Å²) in [6.07, 6.45) is 0. The fraction of sp³-hybridized carbons (Fsp3) is 0.167. The molecule has 0 aliphatic heterocycles. The van der Waals surface area contributed by atoms with Gasteiger partial charge in [0.05, 0.1) is 0 Å². The lowest BCUT2D eigenvalue weighted by molar-refractivity contribution is 1.06.